The first-order valence-corrected chi connectivity index (χ1v) is 10.9. The lowest BCUT2D eigenvalue weighted by molar-refractivity contribution is 0.0732. The van der Waals surface area contributed by atoms with Gasteiger partial charge in [-0.05, 0) is 48.4 Å². The zero-order chi connectivity index (χ0) is 22.8. The standard InChI is InChI=1S/C25H24N6O2/c1-2-30(11-12-32)25(33)17-5-7-21(8-6-17)28-23-24-27-9-10-31(24)16-22(29-23)18-3-4-19-14-26-15-20(19)13-18/h3-10,13-14,16,32H,2,11-12,15H2,1H3,(H,28,29). The maximum Gasteiger partial charge on any atom is 0.253 e. The van der Waals surface area contributed by atoms with E-state index in [0.717, 1.165) is 22.5 Å². The Balaban J connectivity index is 1.43. The number of nitrogens with one attached hydrogen (secondary N) is 1. The molecule has 0 unspecified atom stereocenters. The summed E-state index contributed by atoms with van der Waals surface area (Å²) in [5, 5.41) is 12.5. The second-order valence-electron chi connectivity index (χ2n) is 7.83. The molecule has 2 aromatic carbocycles. The van der Waals surface area contributed by atoms with E-state index in [2.05, 4.69) is 33.5 Å². The summed E-state index contributed by atoms with van der Waals surface area (Å²) >= 11 is 0. The maximum atomic E-state index is 12.6. The summed E-state index contributed by atoms with van der Waals surface area (Å²) in [5.74, 6) is 0.526. The summed E-state index contributed by atoms with van der Waals surface area (Å²) in [7, 11) is 0. The largest absolute Gasteiger partial charge is 0.395 e. The lowest BCUT2D eigenvalue weighted by Gasteiger charge is -2.19. The molecule has 0 saturated carbocycles. The number of amides is 1. The number of hydrogen-bond donors (Lipinski definition) is 2. The first kappa shape index (κ1) is 20.8. The van der Waals surface area contributed by atoms with Crippen LogP contribution in [0.2, 0.25) is 0 Å². The van der Waals surface area contributed by atoms with Crippen LogP contribution in [0.25, 0.3) is 16.9 Å². The van der Waals surface area contributed by atoms with E-state index in [1.807, 2.05) is 42.1 Å². The molecule has 0 fully saturated rings. The van der Waals surface area contributed by atoms with Gasteiger partial charge >= 0.3 is 0 Å². The molecule has 8 nitrogen and oxygen atoms in total. The van der Waals surface area contributed by atoms with E-state index in [0.29, 0.717) is 36.7 Å². The van der Waals surface area contributed by atoms with Crippen LogP contribution in [0.4, 0.5) is 11.5 Å². The normalized spacial score (nSPS) is 12.2. The van der Waals surface area contributed by atoms with E-state index in [1.54, 1.807) is 23.2 Å². The van der Waals surface area contributed by atoms with Gasteiger partial charge in [0, 0.05) is 54.7 Å². The third-order valence-electron chi connectivity index (χ3n) is 5.74. The van der Waals surface area contributed by atoms with E-state index >= 15 is 0 Å². The van der Waals surface area contributed by atoms with Crippen LogP contribution in [-0.2, 0) is 6.54 Å². The Hall–Kier alpha value is -4.04. The monoisotopic (exact) mass is 440 g/mol. The number of carbonyl (C=O) groups is 1. The van der Waals surface area contributed by atoms with Gasteiger partial charge in [0.15, 0.2) is 11.5 Å². The number of imidazole rings is 1. The lowest BCUT2D eigenvalue weighted by atomic mass is 10.0. The van der Waals surface area contributed by atoms with Crippen molar-refractivity contribution in [2.45, 2.75) is 13.5 Å². The van der Waals surface area contributed by atoms with Crippen LogP contribution in [0.1, 0.15) is 28.4 Å². The van der Waals surface area contributed by atoms with Crippen LogP contribution in [0, 0.1) is 0 Å². The minimum atomic E-state index is -0.102. The zero-order valence-electron chi connectivity index (χ0n) is 18.3. The Bertz CT molecular complexity index is 1340. The van der Waals surface area contributed by atoms with Gasteiger partial charge in [0.25, 0.3) is 5.91 Å². The molecule has 3 heterocycles. The third-order valence-corrected chi connectivity index (χ3v) is 5.74. The fraction of sp³-hybridized carbons (Fsp3) is 0.200. The molecule has 33 heavy (non-hydrogen) atoms. The second kappa shape index (κ2) is 8.84. The minimum absolute atomic E-state index is 0.0568. The Morgan fingerprint density at radius 3 is 2.85 bits per heavy atom. The summed E-state index contributed by atoms with van der Waals surface area (Å²) in [6, 6.07) is 13.5. The second-order valence-corrected chi connectivity index (χ2v) is 7.83. The van der Waals surface area contributed by atoms with Gasteiger partial charge in [0.2, 0.25) is 0 Å². The molecule has 0 spiro atoms. The molecule has 0 bridgehead atoms. The number of nitrogens with zero attached hydrogens (tertiary/aromatic N) is 5. The Labute approximate surface area is 191 Å². The smallest absolute Gasteiger partial charge is 0.253 e. The predicted molar refractivity (Wildman–Crippen MR) is 128 cm³/mol. The Morgan fingerprint density at radius 2 is 2.06 bits per heavy atom. The number of fused-ring (bicyclic) bond motifs is 2. The topological polar surface area (TPSA) is 95.1 Å². The van der Waals surface area contributed by atoms with E-state index in [-0.39, 0.29) is 12.5 Å². The molecular formula is C25H24N6O2. The number of aliphatic imine (C=N–C) groups is 1. The van der Waals surface area contributed by atoms with Crippen LogP contribution in [0.3, 0.4) is 0 Å². The third kappa shape index (κ3) is 4.08. The molecule has 0 radical (unpaired) electrons. The van der Waals surface area contributed by atoms with Gasteiger partial charge in [0.05, 0.1) is 18.8 Å². The fourth-order valence-electron chi connectivity index (χ4n) is 3.96. The van der Waals surface area contributed by atoms with E-state index < -0.39 is 0 Å². The van der Waals surface area contributed by atoms with Crippen molar-refractivity contribution in [2.24, 2.45) is 4.99 Å². The summed E-state index contributed by atoms with van der Waals surface area (Å²) < 4.78 is 1.94. The Kier molecular flexibility index (Phi) is 5.58. The summed E-state index contributed by atoms with van der Waals surface area (Å²) in [6.07, 6.45) is 7.50. The average molecular weight is 441 g/mol. The van der Waals surface area contributed by atoms with Crippen molar-refractivity contribution in [1.82, 2.24) is 19.3 Å². The molecule has 1 aliphatic rings. The van der Waals surface area contributed by atoms with Gasteiger partial charge in [-0.3, -0.25) is 9.79 Å². The maximum absolute atomic E-state index is 12.6. The highest BCUT2D eigenvalue weighted by molar-refractivity contribution is 5.94. The van der Waals surface area contributed by atoms with Gasteiger partial charge < -0.3 is 19.7 Å². The van der Waals surface area contributed by atoms with Crippen molar-refractivity contribution in [2.75, 3.05) is 25.0 Å². The van der Waals surface area contributed by atoms with Gasteiger partial charge in [-0.15, -0.1) is 0 Å². The number of rotatable bonds is 7. The molecule has 2 N–H and O–H groups in total. The zero-order valence-corrected chi connectivity index (χ0v) is 18.3. The molecule has 166 valence electrons. The van der Waals surface area contributed by atoms with Crippen molar-refractivity contribution in [3.05, 3.63) is 77.7 Å². The van der Waals surface area contributed by atoms with E-state index in [4.69, 9.17) is 10.1 Å². The Morgan fingerprint density at radius 1 is 1.21 bits per heavy atom. The van der Waals surface area contributed by atoms with Crippen LogP contribution in [0.15, 0.2) is 66.0 Å². The van der Waals surface area contributed by atoms with E-state index in [9.17, 15) is 4.79 Å². The number of likely N-dealkylation sites (N-methyl/N-ethyl adjacent to an activating group) is 1. The van der Waals surface area contributed by atoms with Crippen molar-refractivity contribution in [3.63, 3.8) is 0 Å². The fourth-order valence-corrected chi connectivity index (χ4v) is 3.96. The summed E-state index contributed by atoms with van der Waals surface area (Å²) in [6.45, 7) is 3.40. The molecule has 4 aromatic rings. The van der Waals surface area contributed by atoms with Gasteiger partial charge in [0.1, 0.15) is 0 Å². The molecule has 0 atom stereocenters. The molecule has 0 aliphatic carbocycles. The molecule has 2 aromatic heterocycles. The van der Waals surface area contributed by atoms with Gasteiger partial charge in [-0.1, -0.05) is 12.1 Å². The molecule has 1 aliphatic heterocycles. The molecule has 0 saturated heterocycles. The van der Waals surface area contributed by atoms with Crippen LogP contribution >= 0.6 is 0 Å². The van der Waals surface area contributed by atoms with Crippen molar-refractivity contribution < 1.29 is 9.90 Å². The molecule has 1 amide bonds. The molecular weight excluding hydrogens is 416 g/mol. The number of carbonyl (C=O) groups excluding carboxylic acids is 1. The van der Waals surface area contributed by atoms with Crippen molar-refractivity contribution in [1.29, 1.82) is 0 Å². The molecule has 5 rings (SSSR count). The van der Waals surface area contributed by atoms with Crippen molar-refractivity contribution in [3.8, 4) is 11.3 Å². The SMILES string of the molecule is CCN(CCO)C(=O)c1ccc(Nc2nc(-c3ccc4c(c3)CN=C4)cn3ccnc23)cc1. The summed E-state index contributed by atoms with van der Waals surface area (Å²) in [4.78, 5) is 27.9. The number of benzene rings is 2. The van der Waals surface area contributed by atoms with E-state index in [1.165, 1.54) is 5.56 Å². The van der Waals surface area contributed by atoms with Gasteiger partial charge in [-0.25, -0.2) is 9.97 Å². The number of aliphatic hydroxyl groups excluding tert-OH is 1. The van der Waals surface area contributed by atoms with Gasteiger partial charge in [-0.2, -0.15) is 0 Å². The first-order valence-electron chi connectivity index (χ1n) is 10.9. The van der Waals surface area contributed by atoms with Crippen LogP contribution < -0.4 is 5.32 Å². The quantitative estimate of drug-likeness (QED) is 0.458. The van der Waals surface area contributed by atoms with Crippen LogP contribution in [0.5, 0.6) is 0 Å². The summed E-state index contributed by atoms with van der Waals surface area (Å²) in [5.41, 5.74) is 6.27. The highest BCUT2D eigenvalue weighted by Gasteiger charge is 2.15. The lowest BCUT2D eigenvalue weighted by Crippen LogP contribution is -2.33. The number of aromatic nitrogens is 3. The number of hydrogen-bond acceptors (Lipinski definition) is 6. The molecule has 8 heteroatoms. The number of anilines is 2. The van der Waals surface area contributed by atoms with Crippen molar-refractivity contribution >= 4 is 29.3 Å². The number of aliphatic hydroxyl groups is 1. The highest BCUT2D eigenvalue weighted by atomic mass is 16.3. The predicted octanol–water partition coefficient (Wildman–Crippen LogP) is 3.53. The average Bonchev–Trinajstić information content (AvgIpc) is 3.51. The minimum Gasteiger partial charge on any atom is -0.395 e. The highest BCUT2D eigenvalue weighted by Crippen LogP contribution is 2.27. The first-order chi connectivity index (χ1) is 16.2. The van der Waals surface area contributed by atoms with Crippen LogP contribution in [-0.4, -0.2) is 56.2 Å².